The number of esters is 1. The molecule has 33 heavy (non-hydrogen) atoms. The lowest BCUT2D eigenvalue weighted by atomic mass is 10.1. The number of rotatable bonds is 6. The van der Waals surface area contributed by atoms with E-state index < -0.39 is 30.1 Å². The fraction of sp³-hybridized carbons (Fsp3) is 0.217. The molecule has 10 heteroatoms. The van der Waals surface area contributed by atoms with Crippen molar-refractivity contribution in [2.45, 2.75) is 20.0 Å². The van der Waals surface area contributed by atoms with Crippen molar-refractivity contribution >= 4 is 27.7 Å². The standard InChI is InChI=1S/C23H19BrF3NO5/c1-12-7-17(13(2)28(12)16-6-4-5-15(10-16)23(25,26)27)19(29)11-33-22(31)14-8-18(24)21(30)20(9-14)32-3/h4-10,30H,11H2,1-3H3. The van der Waals surface area contributed by atoms with E-state index in [1.807, 2.05) is 0 Å². The first-order chi connectivity index (χ1) is 15.4. The Kier molecular flexibility index (Phi) is 6.87. The number of ketones is 1. The van der Waals surface area contributed by atoms with Gasteiger partial charge in [0.25, 0.3) is 0 Å². The van der Waals surface area contributed by atoms with Gasteiger partial charge in [-0.1, -0.05) is 6.07 Å². The summed E-state index contributed by atoms with van der Waals surface area (Å²) >= 11 is 3.10. The van der Waals surface area contributed by atoms with Crippen LogP contribution in [-0.4, -0.2) is 35.1 Å². The summed E-state index contributed by atoms with van der Waals surface area (Å²) in [6.07, 6.45) is -4.50. The van der Waals surface area contributed by atoms with Gasteiger partial charge in [-0.15, -0.1) is 0 Å². The zero-order chi connectivity index (χ0) is 24.5. The number of hydrogen-bond acceptors (Lipinski definition) is 5. The number of methoxy groups -OCH3 is 1. The highest BCUT2D eigenvalue weighted by Gasteiger charge is 2.31. The highest BCUT2D eigenvalue weighted by Crippen LogP contribution is 2.35. The summed E-state index contributed by atoms with van der Waals surface area (Å²) in [5.41, 5.74) is 0.707. The number of nitrogens with zero attached hydrogens (tertiary/aromatic N) is 1. The average Bonchev–Trinajstić information content (AvgIpc) is 3.07. The molecule has 3 aromatic rings. The topological polar surface area (TPSA) is 77.8 Å². The molecule has 0 aliphatic rings. The maximum absolute atomic E-state index is 13.1. The van der Waals surface area contributed by atoms with Crippen LogP contribution in [0.4, 0.5) is 13.2 Å². The van der Waals surface area contributed by atoms with Gasteiger partial charge in [0.2, 0.25) is 5.78 Å². The van der Waals surface area contributed by atoms with Crippen molar-refractivity contribution in [1.82, 2.24) is 4.57 Å². The van der Waals surface area contributed by atoms with E-state index in [4.69, 9.17) is 9.47 Å². The van der Waals surface area contributed by atoms with E-state index >= 15 is 0 Å². The fourth-order valence-corrected chi connectivity index (χ4v) is 3.85. The maximum atomic E-state index is 13.1. The van der Waals surface area contributed by atoms with E-state index in [9.17, 15) is 27.9 Å². The number of phenols is 1. The van der Waals surface area contributed by atoms with Crippen LogP contribution in [0, 0.1) is 13.8 Å². The van der Waals surface area contributed by atoms with E-state index in [0.717, 1.165) is 12.1 Å². The van der Waals surface area contributed by atoms with Crippen LogP contribution in [-0.2, 0) is 10.9 Å². The van der Waals surface area contributed by atoms with Crippen molar-refractivity contribution in [3.05, 3.63) is 75.0 Å². The van der Waals surface area contributed by atoms with Crippen LogP contribution in [0.5, 0.6) is 11.5 Å². The predicted octanol–water partition coefficient (Wildman–Crippen LogP) is 5.63. The summed E-state index contributed by atoms with van der Waals surface area (Å²) in [4.78, 5) is 25.1. The molecule has 2 aromatic carbocycles. The molecule has 0 bridgehead atoms. The minimum Gasteiger partial charge on any atom is -0.503 e. The molecule has 0 radical (unpaired) electrons. The Morgan fingerprint density at radius 2 is 1.82 bits per heavy atom. The number of carbonyl (C=O) groups excluding carboxylic acids is 2. The summed E-state index contributed by atoms with van der Waals surface area (Å²) in [6.45, 7) is 2.69. The quantitative estimate of drug-likeness (QED) is 0.333. The van der Waals surface area contributed by atoms with E-state index in [0.29, 0.717) is 11.4 Å². The first-order valence-corrected chi connectivity index (χ1v) is 10.4. The average molecular weight is 526 g/mol. The van der Waals surface area contributed by atoms with Crippen LogP contribution in [0.15, 0.2) is 46.9 Å². The normalized spacial score (nSPS) is 11.4. The molecule has 0 spiro atoms. The molecule has 174 valence electrons. The lowest BCUT2D eigenvalue weighted by Gasteiger charge is -2.13. The van der Waals surface area contributed by atoms with Crippen LogP contribution in [0.1, 0.15) is 37.7 Å². The van der Waals surface area contributed by atoms with E-state index in [1.165, 1.54) is 42.0 Å². The molecule has 0 atom stereocenters. The first-order valence-electron chi connectivity index (χ1n) is 9.57. The van der Waals surface area contributed by atoms with Crippen molar-refractivity contribution in [3.63, 3.8) is 0 Å². The predicted molar refractivity (Wildman–Crippen MR) is 117 cm³/mol. The second-order valence-corrected chi connectivity index (χ2v) is 8.03. The van der Waals surface area contributed by atoms with Gasteiger partial charge >= 0.3 is 12.1 Å². The number of Topliss-reactive ketones (excluding diaryl/α,β-unsaturated/α-hetero) is 1. The molecule has 1 N–H and O–H groups in total. The van der Waals surface area contributed by atoms with Gasteiger partial charge in [0, 0.05) is 22.6 Å². The van der Waals surface area contributed by atoms with Crippen LogP contribution in [0.25, 0.3) is 5.69 Å². The smallest absolute Gasteiger partial charge is 0.416 e. The van der Waals surface area contributed by atoms with Crippen molar-refractivity contribution < 1.29 is 37.3 Å². The highest BCUT2D eigenvalue weighted by atomic mass is 79.9. The van der Waals surface area contributed by atoms with Gasteiger partial charge in [-0.3, -0.25) is 4.79 Å². The number of benzene rings is 2. The number of aromatic nitrogens is 1. The summed E-state index contributed by atoms with van der Waals surface area (Å²) in [5.74, 6) is -1.46. The van der Waals surface area contributed by atoms with Crippen LogP contribution in [0.2, 0.25) is 0 Å². The number of hydrogen-bond donors (Lipinski definition) is 1. The number of ether oxygens (including phenoxy) is 2. The summed E-state index contributed by atoms with van der Waals surface area (Å²) in [6, 6.07) is 8.91. The molecule has 0 amide bonds. The Labute approximate surface area is 195 Å². The van der Waals surface area contributed by atoms with Gasteiger partial charge in [0.15, 0.2) is 18.1 Å². The van der Waals surface area contributed by atoms with Gasteiger partial charge < -0.3 is 19.1 Å². The SMILES string of the molecule is COc1cc(C(=O)OCC(=O)c2cc(C)n(-c3cccc(C(F)(F)F)c3)c2C)cc(Br)c1O. The Morgan fingerprint density at radius 1 is 1.12 bits per heavy atom. The number of alkyl halides is 3. The largest absolute Gasteiger partial charge is 0.503 e. The summed E-state index contributed by atoms with van der Waals surface area (Å²) in [7, 11) is 1.32. The molecular weight excluding hydrogens is 507 g/mol. The highest BCUT2D eigenvalue weighted by molar-refractivity contribution is 9.10. The molecule has 0 saturated carbocycles. The molecule has 3 rings (SSSR count). The molecule has 0 saturated heterocycles. The van der Waals surface area contributed by atoms with Crippen molar-refractivity contribution in [2.24, 2.45) is 0 Å². The summed E-state index contributed by atoms with van der Waals surface area (Å²) < 4.78 is 51.1. The van der Waals surface area contributed by atoms with Gasteiger partial charge in [0.1, 0.15) is 0 Å². The molecule has 1 aromatic heterocycles. The zero-order valence-electron chi connectivity index (χ0n) is 17.8. The van der Waals surface area contributed by atoms with Crippen LogP contribution in [0.3, 0.4) is 0 Å². The zero-order valence-corrected chi connectivity index (χ0v) is 19.4. The number of halogens is 4. The molecule has 1 heterocycles. The molecular formula is C23H19BrF3NO5. The third kappa shape index (κ3) is 5.05. The summed E-state index contributed by atoms with van der Waals surface area (Å²) in [5, 5.41) is 9.84. The Hall–Kier alpha value is -3.27. The second-order valence-electron chi connectivity index (χ2n) is 7.18. The molecule has 6 nitrogen and oxygen atoms in total. The number of carbonyl (C=O) groups is 2. The number of aromatic hydroxyl groups is 1. The third-order valence-corrected chi connectivity index (χ3v) is 5.59. The minimum atomic E-state index is -4.50. The molecule has 0 aliphatic heterocycles. The van der Waals surface area contributed by atoms with Crippen molar-refractivity contribution in [1.29, 1.82) is 0 Å². The molecule has 0 fully saturated rings. The Bertz CT molecular complexity index is 1230. The Balaban J connectivity index is 1.81. The third-order valence-electron chi connectivity index (χ3n) is 4.98. The van der Waals surface area contributed by atoms with Crippen LogP contribution >= 0.6 is 15.9 Å². The fourth-order valence-electron chi connectivity index (χ4n) is 3.40. The molecule has 0 unspecified atom stereocenters. The van der Waals surface area contributed by atoms with E-state index in [-0.39, 0.29) is 32.8 Å². The van der Waals surface area contributed by atoms with Crippen molar-refractivity contribution in [3.8, 4) is 17.2 Å². The lowest BCUT2D eigenvalue weighted by Crippen LogP contribution is -2.15. The number of phenolic OH excluding ortho intramolecular Hbond substituents is 1. The Morgan fingerprint density at radius 3 is 2.45 bits per heavy atom. The van der Waals surface area contributed by atoms with Gasteiger partial charge in [-0.05, 0) is 66.2 Å². The molecule has 0 aliphatic carbocycles. The van der Waals surface area contributed by atoms with E-state index in [1.54, 1.807) is 13.8 Å². The first kappa shape index (κ1) is 24.4. The van der Waals surface area contributed by atoms with Crippen LogP contribution < -0.4 is 4.74 Å². The van der Waals surface area contributed by atoms with Gasteiger partial charge in [0.05, 0.1) is 22.7 Å². The number of aryl methyl sites for hydroxylation is 1. The minimum absolute atomic E-state index is 0.0484. The monoisotopic (exact) mass is 525 g/mol. The lowest BCUT2D eigenvalue weighted by molar-refractivity contribution is -0.137. The van der Waals surface area contributed by atoms with E-state index in [2.05, 4.69) is 15.9 Å². The van der Waals surface area contributed by atoms with Gasteiger partial charge in [-0.2, -0.15) is 13.2 Å². The maximum Gasteiger partial charge on any atom is 0.416 e. The second kappa shape index (κ2) is 9.30. The van der Waals surface area contributed by atoms with Gasteiger partial charge in [-0.25, -0.2) is 4.79 Å². The van der Waals surface area contributed by atoms with Crippen molar-refractivity contribution in [2.75, 3.05) is 13.7 Å².